The summed E-state index contributed by atoms with van der Waals surface area (Å²) in [6.07, 6.45) is -1.19. The lowest BCUT2D eigenvalue weighted by Crippen LogP contribution is -2.11. The molecule has 0 unspecified atom stereocenters. The summed E-state index contributed by atoms with van der Waals surface area (Å²) in [5.41, 5.74) is -0.762. The summed E-state index contributed by atoms with van der Waals surface area (Å²) in [7, 11) is 0. The van der Waals surface area contributed by atoms with E-state index in [9.17, 15) is 30.1 Å². The van der Waals surface area contributed by atoms with Crippen LogP contribution in [0.25, 0.3) is 0 Å². The highest BCUT2D eigenvalue weighted by molar-refractivity contribution is 7.75. The van der Waals surface area contributed by atoms with E-state index in [1.807, 2.05) is 0 Å². The highest BCUT2D eigenvalue weighted by Gasteiger charge is 2.20. The number of aromatic hydroxyl groups is 1. The molecule has 136 valence electrons. The van der Waals surface area contributed by atoms with E-state index < -0.39 is 34.0 Å². The summed E-state index contributed by atoms with van der Waals surface area (Å²) in [5, 5.41) is 31.1. The number of phenolic OH excluding ortho intramolecular Hbond substituents is 1. The zero-order valence-corrected chi connectivity index (χ0v) is 13.6. The highest BCUT2D eigenvalue weighted by Crippen LogP contribution is 2.34. The van der Waals surface area contributed by atoms with Gasteiger partial charge in [0.1, 0.15) is 12.4 Å². The summed E-state index contributed by atoms with van der Waals surface area (Å²) in [6, 6.07) is 6.55. The Labute approximate surface area is 150 Å². The van der Waals surface area contributed by atoms with Crippen LogP contribution in [0, 0.1) is 20.2 Å². The number of benzene rings is 2. The minimum absolute atomic E-state index is 0.0137. The van der Waals surface area contributed by atoms with Crippen molar-refractivity contribution in [1.29, 1.82) is 0 Å². The molecule has 0 atom stereocenters. The van der Waals surface area contributed by atoms with Gasteiger partial charge < -0.3 is 18.8 Å². The fourth-order valence-corrected chi connectivity index (χ4v) is 2.00. The first-order valence-electron chi connectivity index (χ1n) is 6.72. The first-order chi connectivity index (χ1) is 12.3. The molecule has 0 aromatic heterocycles. The summed E-state index contributed by atoms with van der Waals surface area (Å²) in [4.78, 5) is 31.8. The number of phenols is 1. The number of carbonyl (C=O) groups excluding carboxylic acids is 1. The zero-order valence-electron chi connectivity index (χ0n) is 12.7. The highest BCUT2D eigenvalue weighted by atomic mass is 32.1. The fourth-order valence-electron chi connectivity index (χ4n) is 1.86. The summed E-state index contributed by atoms with van der Waals surface area (Å²) >= 11 is 3.50. The number of nitro groups is 2. The molecule has 0 aliphatic carbocycles. The van der Waals surface area contributed by atoms with Crippen molar-refractivity contribution >= 4 is 30.4 Å². The van der Waals surface area contributed by atoms with Crippen molar-refractivity contribution in [1.82, 2.24) is 0 Å². The minimum atomic E-state index is -1.19. The molecule has 26 heavy (non-hydrogen) atoms. The monoisotopic (exact) mass is 382 g/mol. The fraction of sp³-hybridized carbons (Fsp3) is 0.0714. The van der Waals surface area contributed by atoms with Gasteiger partial charge in [-0.25, -0.2) is 4.79 Å². The Morgan fingerprint density at radius 1 is 1.12 bits per heavy atom. The van der Waals surface area contributed by atoms with Crippen molar-refractivity contribution < 1.29 is 33.4 Å². The molecule has 2 rings (SSSR count). The second-order valence-electron chi connectivity index (χ2n) is 4.69. The van der Waals surface area contributed by atoms with E-state index in [1.165, 1.54) is 12.1 Å². The number of ether oxygens (including phenoxy) is 2. The smallest absolute Gasteiger partial charge is 0.504 e. The molecular formula is C14H10N2O9S. The first-order valence-corrected chi connectivity index (χ1v) is 7.09. The van der Waals surface area contributed by atoms with E-state index >= 15 is 0 Å². The van der Waals surface area contributed by atoms with Gasteiger partial charge in [-0.15, -0.1) is 0 Å². The zero-order chi connectivity index (χ0) is 19.3. The van der Waals surface area contributed by atoms with E-state index in [2.05, 4.69) is 17.1 Å². The molecule has 0 heterocycles. The molecule has 0 radical (unpaired) electrons. The molecule has 2 aromatic rings. The van der Waals surface area contributed by atoms with Gasteiger partial charge in [-0.1, -0.05) is 0 Å². The van der Waals surface area contributed by atoms with Gasteiger partial charge in [0, 0.05) is 25.0 Å². The second kappa shape index (κ2) is 8.02. The average Bonchev–Trinajstić information content (AvgIpc) is 2.60. The minimum Gasteiger partial charge on any atom is -0.504 e. The number of nitrogens with zero attached hydrogens (tertiary/aromatic N) is 2. The maximum atomic E-state index is 11.7. The summed E-state index contributed by atoms with van der Waals surface area (Å²) in [5.74, 6) is -0.689. The van der Waals surface area contributed by atoms with Gasteiger partial charge in [0.25, 0.3) is 11.4 Å². The van der Waals surface area contributed by atoms with Crippen molar-refractivity contribution in [2.24, 2.45) is 0 Å². The molecule has 1 N–H and O–H groups in total. The van der Waals surface area contributed by atoms with Gasteiger partial charge >= 0.3 is 6.16 Å². The quantitative estimate of drug-likeness (QED) is 0.192. The Balaban J connectivity index is 2.06. The van der Waals surface area contributed by atoms with Crippen molar-refractivity contribution in [2.75, 3.05) is 0 Å². The maximum Gasteiger partial charge on any atom is 0.514 e. The molecule has 0 saturated heterocycles. The van der Waals surface area contributed by atoms with E-state index in [-0.39, 0.29) is 22.7 Å². The van der Waals surface area contributed by atoms with Crippen LogP contribution in [0.4, 0.5) is 16.2 Å². The Hall–Kier alpha value is -3.54. The predicted molar refractivity (Wildman–Crippen MR) is 88.3 cm³/mol. The number of hydrogen-bond donors (Lipinski definition) is 2. The average molecular weight is 382 g/mol. The SMILES string of the molecule is O=C(OCc1cc(OS)c(O)cc1[N+](=O)[O-])Oc1ccc([N+](=O)[O-])cc1. The van der Waals surface area contributed by atoms with Crippen LogP contribution in [0.2, 0.25) is 0 Å². The maximum absolute atomic E-state index is 11.7. The Morgan fingerprint density at radius 2 is 1.77 bits per heavy atom. The van der Waals surface area contributed by atoms with Crippen LogP contribution in [0.5, 0.6) is 17.2 Å². The third-order valence-corrected chi connectivity index (χ3v) is 3.25. The Bertz CT molecular complexity index is 854. The van der Waals surface area contributed by atoms with Gasteiger partial charge in [0.15, 0.2) is 11.5 Å². The third-order valence-electron chi connectivity index (χ3n) is 3.05. The predicted octanol–water partition coefficient (Wildman–Crippen LogP) is 3.15. The number of nitro benzene ring substituents is 2. The molecule has 0 spiro atoms. The van der Waals surface area contributed by atoms with E-state index in [1.54, 1.807) is 0 Å². The van der Waals surface area contributed by atoms with Crippen LogP contribution in [-0.4, -0.2) is 21.1 Å². The van der Waals surface area contributed by atoms with Crippen molar-refractivity contribution in [3.8, 4) is 17.2 Å². The van der Waals surface area contributed by atoms with Crippen LogP contribution in [0.3, 0.4) is 0 Å². The van der Waals surface area contributed by atoms with Crippen LogP contribution in [0.1, 0.15) is 5.56 Å². The third kappa shape index (κ3) is 4.51. The van der Waals surface area contributed by atoms with E-state index in [0.29, 0.717) is 0 Å². The molecule has 0 saturated carbocycles. The van der Waals surface area contributed by atoms with Crippen LogP contribution in [-0.2, 0) is 11.3 Å². The van der Waals surface area contributed by atoms with Crippen LogP contribution in [0.15, 0.2) is 36.4 Å². The Morgan fingerprint density at radius 3 is 2.31 bits per heavy atom. The van der Waals surface area contributed by atoms with Crippen LogP contribution < -0.4 is 8.92 Å². The molecule has 2 aromatic carbocycles. The Kier molecular flexibility index (Phi) is 5.80. The molecular weight excluding hydrogens is 372 g/mol. The van der Waals surface area contributed by atoms with Crippen molar-refractivity contribution in [2.45, 2.75) is 6.61 Å². The van der Waals surface area contributed by atoms with Gasteiger partial charge in [0.2, 0.25) is 0 Å². The molecule has 0 amide bonds. The summed E-state index contributed by atoms with van der Waals surface area (Å²) in [6.45, 7) is -0.549. The molecule has 0 aliphatic rings. The second-order valence-corrected chi connectivity index (χ2v) is 4.87. The molecule has 11 nitrogen and oxygen atoms in total. The number of carbonyl (C=O) groups is 1. The standard InChI is InChI=1S/C14H10N2O9S/c17-12-6-11(16(21)22)8(5-13(12)25-26)7-23-14(18)24-10-3-1-9(2-4-10)15(19)20/h1-6,17,26H,7H2. The number of non-ortho nitro benzene ring substituents is 1. The lowest BCUT2D eigenvalue weighted by molar-refractivity contribution is -0.386. The van der Waals surface area contributed by atoms with Crippen molar-refractivity contribution in [3.05, 3.63) is 62.2 Å². The molecule has 0 aliphatic heterocycles. The van der Waals surface area contributed by atoms with Gasteiger partial charge in [-0.2, -0.15) is 0 Å². The molecule has 0 bridgehead atoms. The molecule has 0 fully saturated rings. The van der Waals surface area contributed by atoms with Crippen LogP contribution >= 0.6 is 12.9 Å². The number of hydrogen-bond acceptors (Lipinski definition) is 10. The van der Waals surface area contributed by atoms with Gasteiger partial charge in [-0.3, -0.25) is 20.2 Å². The van der Waals surface area contributed by atoms with E-state index in [0.717, 1.165) is 24.3 Å². The number of thiol groups is 1. The normalized spacial score (nSPS) is 10.0. The topological polar surface area (TPSA) is 151 Å². The molecule has 12 heteroatoms. The van der Waals surface area contributed by atoms with Gasteiger partial charge in [-0.05, 0) is 18.2 Å². The lowest BCUT2D eigenvalue weighted by Gasteiger charge is -2.08. The summed E-state index contributed by atoms with van der Waals surface area (Å²) < 4.78 is 14.1. The lowest BCUT2D eigenvalue weighted by atomic mass is 10.1. The largest absolute Gasteiger partial charge is 0.514 e. The first kappa shape index (κ1) is 18.8. The van der Waals surface area contributed by atoms with E-state index in [4.69, 9.17) is 9.47 Å². The van der Waals surface area contributed by atoms with Gasteiger partial charge in [0.05, 0.1) is 21.5 Å². The van der Waals surface area contributed by atoms with Crippen molar-refractivity contribution in [3.63, 3.8) is 0 Å². The number of rotatable bonds is 6.